The molecule has 0 saturated carbocycles. The largest absolute Gasteiger partial charge is 0.355 e. The van der Waals surface area contributed by atoms with Crippen molar-refractivity contribution in [3.05, 3.63) is 92.4 Å². The van der Waals surface area contributed by atoms with E-state index >= 15 is 0 Å². The molecule has 0 aliphatic carbocycles. The molecule has 8 heteroatoms. The van der Waals surface area contributed by atoms with Crippen LogP contribution in [-0.2, 0) is 0 Å². The van der Waals surface area contributed by atoms with Crippen LogP contribution in [0.25, 0.3) is 55.9 Å². The molecule has 4 aromatic rings. The minimum atomic E-state index is 0.815. The lowest BCUT2D eigenvalue weighted by Crippen LogP contribution is -1.84. The van der Waals surface area contributed by atoms with Gasteiger partial charge in [0.25, 0.3) is 0 Å². The van der Waals surface area contributed by atoms with E-state index in [1.165, 1.54) is 0 Å². The lowest BCUT2D eigenvalue weighted by atomic mass is 10.1. The van der Waals surface area contributed by atoms with Gasteiger partial charge in [0.05, 0.1) is 58.9 Å². The summed E-state index contributed by atoms with van der Waals surface area (Å²) in [5, 5.41) is 0. The van der Waals surface area contributed by atoms with Gasteiger partial charge < -0.3 is 4.98 Å². The predicted octanol–water partition coefficient (Wildman–Crippen LogP) is 9.20. The number of rotatable bonds is 1. The van der Waals surface area contributed by atoms with Crippen LogP contribution in [0, 0.1) is 0 Å². The van der Waals surface area contributed by atoms with Crippen molar-refractivity contribution in [3.63, 3.8) is 0 Å². The molecular formula is C26H14Br4N4. The molecule has 0 saturated heterocycles. The maximum absolute atomic E-state index is 4.89. The summed E-state index contributed by atoms with van der Waals surface area (Å²) in [7, 11) is 0. The first-order valence-electron chi connectivity index (χ1n) is 10.4. The molecule has 0 atom stereocenters. The monoisotopic (exact) mass is 698 g/mol. The number of benzene rings is 1. The fraction of sp³-hybridized carbons (Fsp3) is 0. The van der Waals surface area contributed by atoms with Crippen molar-refractivity contribution < 1.29 is 0 Å². The van der Waals surface area contributed by atoms with Gasteiger partial charge in [0.1, 0.15) is 0 Å². The predicted molar refractivity (Wildman–Crippen MR) is 156 cm³/mol. The lowest BCUT2D eigenvalue weighted by Gasteiger charge is -2.00. The van der Waals surface area contributed by atoms with E-state index in [-0.39, 0.29) is 0 Å². The fourth-order valence-corrected chi connectivity index (χ4v) is 7.74. The second kappa shape index (κ2) is 8.75. The Bertz CT molecular complexity index is 1700. The van der Waals surface area contributed by atoms with Crippen LogP contribution in [0.1, 0.15) is 22.8 Å². The number of aromatic amines is 1. The molecule has 0 unspecified atom stereocenters. The zero-order chi connectivity index (χ0) is 23.4. The number of hydrogen-bond donors (Lipinski definition) is 1. The van der Waals surface area contributed by atoms with Crippen LogP contribution >= 0.6 is 63.9 Å². The van der Waals surface area contributed by atoms with Crippen LogP contribution in [0.5, 0.6) is 0 Å². The summed E-state index contributed by atoms with van der Waals surface area (Å²) < 4.78 is 4.70. The Morgan fingerprint density at radius 2 is 1.41 bits per heavy atom. The van der Waals surface area contributed by atoms with Gasteiger partial charge in [-0.15, -0.1) is 0 Å². The Kier molecular flexibility index (Phi) is 5.72. The number of fused-ring (bicyclic) bond motifs is 8. The third-order valence-electron chi connectivity index (χ3n) is 5.62. The standard InChI is InChI=1S/C26H14Br4N4/c27-20-12-19-11-17-7-6-15(31-17)10-16-8-9-18(32-16)13-21-22(14-4-2-1-3-5-14)23(28)26(34(21)30)24(29)25(20)33-19/h1-13,31H. The molecule has 5 heterocycles. The molecule has 6 rings (SSSR count). The Hall–Kier alpha value is -2.26. The molecule has 0 spiro atoms. The molecule has 2 aliphatic rings. The van der Waals surface area contributed by atoms with E-state index in [0.717, 1.165) is 69.4 Å². The first kappa shape index (κ1) is 22.2. The summed E-state index contributed by atoms with van der Waals surface area (Å²) in [6, 6.07) is 20.6. The number of aromatic nitrogens is 4. The molecule has 3 aromatic heterocycles. The number of hydrogen-bond acceptors (Lipinski definition) is 2. The molecule has 166 valence electrons. The Labute approximate surface area is 229 Å². The minimum absolute atomic E-state index is 0.815. The average molecular weight is 702 g/mol. The third kappa shape index (κ3) is 3.86. The summed E-state index contributed by atoms with van der Waals surface area (Å²) in [5.74, 6) is 0. The lowest BCUT2D eigenvalue weighted by molar-refractivity contribution is 1.29. The molecule has 1 aromatic carbocycles. The quantitative estimate of drug-likeness (QED) is 0.190. The SMILES string of the molecule is BrC1=Cc2cc3ccc(cc4nc(cc5c(-c6ccccc6)c(Br)c(c(Br)c1n2)n5Br)C=C4)[nH]3. The molecule has 4 nitrogen and oxygen atoms in total. The number of H-pyrrole nitrogens is 1. The van der Waals surface area contributed by atoms with Crippen LogP contribution in [0.3, 0.4) is 0 Å². The average Bonchev–Trinajstić information content (AvgIpc) is 3.58. The van der Waals surface area contributed by atoms with E-state index in [0.29, 0.717) is 0 Å². The van der Waals surface area contributed by atoms with Crippen molar-refractivity contribution in [2.75, 3.05) is 0 Å². The van der Waals surface area contributed by atoms with E-state index in [4.69, 9.17) is 9.97 Å². The third-order valence-corrected chi connectivity index (χ3v) is 8.48. The van der Waals surface area contributed by atoms with E-state index in [2.05, 4.69) is 87.1 Å². The van der Waals surface area contributed by atoms with Crippen molar-refractivity contribution in [2.24, 2.45) is 0 Å². The molecule has 0 amide bonds. The van der Waals surface area contributed by atoms with Crippen LogP contribution in [0.15, 0.2) is 69.6 Å². The first-order chi connectivity index (χ1) is 16.5. The second-order valence-corrected chi connectivity index (χ2v) is 11.0. The zero-order valence-electron chi connectivity index (χ0n) is 17.4. The van der Waals surface area contributed by atoms with E-state index in [9.17, 15) is 0 Å². The minimum Gasteiger partial charge on any atom is -0.355 e. The maximum Gasteiger partial charge on any atom is 0.0943 e. The van der Waals surface area contributed by atoms with Gasteiger partial charge in [0.2, 0.25) is 0 Å². The Morgan fingerprint density at radius 3 is 2.15 bits per heavy atom. The van der Waals surface area contributed by atoms with Gasteiger partial charge in [-0.1, -0.05) is 30.3 Å². The normalized spacial score (nSPS) is 12.8. The van der Waals surface area contributed by atoms with Gasteiger partial charge in [0.15, 0.2) is 0 Å². The molecule has 8 bridgehead atoms. The van der Waals surface area contributed by atoms with E-state index in [1.807, 2.05) is 64.3 Å². The highest BCUT2D eigenvalue weighted by Gasteiger charge is 2.21. The van der Waals surface area contributed by atoms with Crippen LogP contribution in [-0.4, -0.2) is 18.5 Å². The topological polar surface area (TPSA) is 46.5 Å². The molecule has 2 aliphatic heterocycles. The van der Waals surface area contributed by atoms with Gasteiger partial charge in [-0.05, 0) is 102 Å². The van der Waals surface area contributed by atoms with Crippen molar-refractivity contribution in [2.45, 2.75) is 0 Å². The number of halogens is 4. The van der Waals surface area contributed by atoms with Crippen molar-refractivity contribution in [3.8, 4) is 11.1 Å². The highest BCUT2D eigenvalue weighted by atomic mass is 79.9. The Morgan fingerprint density at radius 1 is 0.735 bits per heavy atom. The van der Waals surface area contributed by atoms with Crippen molar-refractivity contribution >= 4 is 109 Å². The first-order valence-corrected chi connectivity index (χ1v) is 13.5. The zero-order valence-corrected chi connectivity index (χ0v) is 23.7. The van der Waals surface area contributed by atoms with Gasteiger partial charge >= 0.3 is 0 Å². The van der Waals surface area contributed by atoms with E-state index in [1.54, 1.807) is 0 Å². The number of nitrogens with zero attached hydrogens (tertiary/aromatic N) is 3. The highest BCUT2D eigenvalue weighted by molar-refractivity contribution is 9.15. The molecule has 0 radical (unpaired) electrons. The molecular weight excluding hydrogens is 688 g/mol. The summed E-state index contributed by atoms with van der Waals surface area (Å²) in [4.78, 5) is 13.1. The van der Waals surface area contributed by atoms with Crippen molar-refractivity contribution in [1.29, 1.82) is 0 Å². The fourth-order valence-electron chi connectivity index (χ4n) is 4.09. The van der Waals surface area contributed by atoms with Gasteiger partial charge in [-0.3, -0.25) is 3.59 Å². The van der Waals surface area contributed by atoms with Crippen LogP contribution < -0.4 is 0 Å². The maximum atomic E-state index is 4.89. The van der Waals surface area contributed by atoms with E-state index < -0.39 is 0 Å². The van der Waals surface area contributed by atoms with Crippen molar-refractivity contribution in [1.82, 2.24) is 18.5 Å². The second-order valence-electron chi connectivity index (χ2n) is 7.86. The van der Waals surface area contributed by atoms with Crippen LogP contribution in [0.4, 0.5) is 0 Å². The summed E-state index contributed by atoms with van der Waals surface area (Å²) in [6.45, 7) is 0. The van der Waals surface area contributed by atoms with Gasteiger partial charge in [0, 0.05) is 21.1 Å². The summed E-state index contributed by atoms with van der Waals surface area (Å²) in [5.41, 5.74) is 9.44. The number of nitrogens with one attached hydrogen (secondary N) is 1. The summed E-state index contributed by atoms with van der Waals surface area (Å²) in [6.07, 6.45) is 6.07. The molecule has 1 N–H and O–H groups in total. The van der Waals surface area contributed by atoms with Gasteiger partial charge in [-0.2, -0.15) is 0 Å². The molecule has 34 heavy (non-hydrogen) atoms. The Balaban J connectivity index is 1.81. The van der Waals surface area contributed by atoms with Gasteiger partial charge in [-0.25, -0.2) is 9.97 Å². The smallest absolute Gasteiger partial charge is 0.0943 e. The highest BCUT2D eigenvalue weighted by Crippen LogP contribution is 2.44. The summed E-state index contributed by atoms with van der Waals surface area (Å²) >= 11 is 15.3. The van der Waals surface area contributed by atoms with Crippen LogP contribution in [0.2, 0.25) is 0 Å². The molecule has 0 fully saturated rings.